The fourth-order valence-electron chi connectivity index (χ4n) is 4.99. The maximum atomic E-state index is 13.7. The lowest BCUT2D eigenvalue weighted by molar-refractivity contribution is 0.228. The summed E-state index contributed by atoms with van der Waals surface area (Å²) in [6, 6.07) is 13.3. The molecule has 0 unspecified atom stereocenters. The van der Waals surface area contributed by atoms with Gasteiger partial charge in [0.15, 0.2) is 0 Å². The highest BCUT2D eigenvalue weighted by molar-refractivity contribution is 5.84. The molecule has 0 spiro atoms. The van der Waals surface area contributed by atoms with Gasteiger partial charge in [0.2, 0.25) is 0 Å². The number of benzene rings is 2. The van der Waals surface area contributed by atoms with Crippen LogP contribution >= 0.6 is 0 Å². The molecule has 1 aliphatic heterocycles. The highest BCUT2D eigenvalue weighted by Crippen LogP contribution is 2.40. The Morgan fingerprint density at radius 1 is 1.03 bits per heavy atom. The minimum Gasteiger partial charge on any atom is -0.369 e. The molecule has 0 atom stereocenters. The van der Waals surface area contributed by atoms with E-state index in [1.54, 1.807) is 12.1 Å². The van der Waals surface area contributed by atoms with Crippen molar-refractivity contribution in [2.45, 2.75) is 45.4 Å². The van der Waals surface area contributed by atoms with Gasteiger partial charge in [0, 0.05) is 24.9 Å². The van der Waals surface area contributed by atoms with E-state index in [-0.39, 0.29) is 5.82 Å². The maximum Gasteiger partial charge on any atom is 0.137 e. The number of rotatable bonds is 7. The van der Waals surface area contributed by atoms with Gasteiger partial charge < -0.3 is 10.2 Å². The van der Waals surface area contributed by atoms with E-state index < -0.39 is 0 Å². The van der Waals surface area contributed by atoms with E-state index in [1.807, 2.05) is 6.07 Å². The third-order valence-electron chi connectivity index (χ3n) is 6.56. The van der Waals surface area contributed by atoms with Crippen LogP contribution in [0.5, 0.6) is 0 Å². The van der Waals surface area contributed by atoms with Gasteiger partial charge in [-0.25, -0.2) is 14.4 Å². The number of halogens is 1. The Balaban J connectivity index is 1.38. The number of nitrogens with zero attached hydrogens (tertiary/aromatic N) is 3. The quantitative estimate of drug-likeness (QED) is 0.400. The maximum absolute atomic E-state index is 13.7. The molecule has 5 rings (SSSR count). The molecule has 2 aliphatic rings. The average Bonchev–Trinajstić information content (AvgIpc) is 3.14. The fourth-order valence-corrected chi connectivity index (χ4v) is 4.99. The standard InChI is InChI=1S/C27H31FN4/c1-19-9-10-23-21(15-19)18-24-26(23)27(29-11-6-14-32-12-3-2-4-13-32)31-25(30-24)17-20-7-5-8-22(28)16-20/h5,7-10,15-16H,2-4,6,11-14,17-18H2,1H3,(H,29,30,31). The van der Waals surface area contributed by atoms with Crippen LogP contribution in [0.25, 0.3) is 11.1 Å². The number of likely N-dealkylation sites (tertiary alicyclic amines) is 1. The molecule has 0 saturated carbocycles. The van der Waals surface area contributed by atoms with Crippen molar-refractivity contribution in [3.05, 3.63) is 76.5 Å². The van der Waals surface area contributed by atoms with Crippen molar-refractivity contribution in [3.8, 4) is 11.1 Å². The number of aromatic nitrogens is 2. The molecule has 1 saturated heterocycles. The number of hydrogen-bond acceptors (Lipinski definition) is 4. The number of anilines is 1. The summed E-state index contributed by atoms with van der Waals surface area (Å²) in [4.78, 5) is 12.4. The molecule has 0 radical (unpaired) electrons. The van der Waals surface area contributed by atoms with Crippen LogP contribution in [0.15, 0.2) is 42.5 Å². The van der Waals surface area contributed by atoms with Gasteiger partial charge in [-0.3, -0.25) is 0 Å². The Kier molecular flexibility index (Phi) is 6.17. The molecule has 166 valence electrons. The van der Waals surface area contributed by atoms with E-state index in [2.05, 4.69) is 35.3 Å². The molecule has 0 amide bonds. The first-order chi connectivity index (χ1) is 15.7. The highest BCUT2D eigenvalue weighted by atomic mass is 19.1. The topological polar surface area (TPSA) is 41.1 Å². The Bertz CT molecular complexity index is 1100. The third kappa shape index (κ3) is 4.68. The number of hydrogen-bond donors (Lipinski definition) is 1. The van der Waals surface area contributed by atoms with Crippen molar-refractivity contribution in [3.63, 3.8) is 0 Å². The Labute approximate surface area is 189 Å². The van der Waals surface area contributed by atoms with E-state index in [0.29, 0.717) is 6.42 Å². The molecule has 32 heavy (non-hydrogen) atoms. The van der Waals surface area contributed by atoms with Crippen LogP contribution in [0.1, 0.15) is 53.9 Å². The first-order valence-electron chi connectivity index (χ1n) is 11.9. The monoisotopic (exact) mass is 430 g/mol. The lowest BCUT2D eigenvalue weighted by Crippen LogP contribution is -2.31. The number of piperidine rings is 1. The van der Waals surface area contributed by atoms with Crippen LogP contribution in [0.3, 0.4) is 0 Å². The molecule has 1 aromatic heterocycles. The summed E-state index contributed by atoms with van der Waals surface area (Å²) in [5.41, 5.74) is 6.93. The van der Waals surface area contributed by atoms with Crippen molar-refractivity contribution in [2.75, 3.05) is 31.5 Å². The molecule has 4 nitrogen and oxygen atoms in total. The normalized spacial score (nSPS) is 15.4. The summed E-state index contributed by atoms with van der Waals surface area (Å²) in [7, 11) is 0. The molecule has 5 heteroatoms. The smallest absolute Gasteiger partial charge is 0.137 e. The van der Waals surface area contributed by atoms with Gasteiger partial charge in [0.25, 0.3) is 0 Å². The Morgan fingerprint density at radius 3 is 2.75 bits per heavy atom. The van der Waals surface area contributed by atoms with Gasteiger partial charge in [-0.05, 0) is 74.6 Å². The summed E-state index contributed by atoms with van der Waals surface area (Å²) >= 11 is 0. The predicted molar refractivity (Wildman–Crippen MR) is 128 cm³/mol. The Morgan fingerprint density at radius 2 is 1.91 bits per heavy atom. The van der Waals surface area contributed by atoms with E-state index in [0.717, 1.165) is 54.4 Å². The summed E-state index contributed by atoms with van der Waals surface area (Å²) in [6.07, 6.45) is 6.48. The molecule has 2 heterocycles. The molecule has 1 aliphatic carbocycles. The van der Waals surface area contributed by atoms with Crippen LogP contribution < -0.4 is 5.32 Å². The van der Waals surface area contributed by atoms with Gasteiger partial charge in [0.1, 0.15) is 17.5 Å². The van der Waals surface area contributed by atoms with Crippen LogP contribution in [0.4, 0.5) is 10.2 Å². The van der Waals surface area contributed by atoms with Gasteiger partial charge in [-0.2, -0.15) is 0 Å². The molecular weight excluding hydrogens is 399 g/mol. The van der Waals surface area contributed by atoms with E-state index >= 15 is 0 Å². The van der Waals surface area contributed by atoms with Crippen molar-refractivity contribution in [1.82, 2.24) is 14.9 Å². The second-order valence-electron chi connectivity index (χ2n) is 9.14. The van der Waals surface area contributed by atoms with E-state index in [4.69, 9.17) is 9.97 Å². The minimum absolute atomic E-state index is 0.220. The lowest BCUT2D eigenvalue weighted by Gasteiger charge is -2.26. The molecule has 0 bridgehead atoms. The second kappa shape index (κ2) is 9.37. The fraction of sp³-hybridized carbons (Fsp3) is 0.407. The number of aryl methyl sites for hydroxylation is 1. The first kappa shape index (κ1) is 21.1. The van der Waals surface area contributed by atoms with E-state index in [1.165, 1.54) is 55.1 Å². The number of nitrogens with one attached hydrogen (secondary N) is 1. The lowest BCUT2D eigenvalue weighted by atomic mass is 10.0. The summed E-state index contributed by atoms with van der Waals surface area (Å²) in [5, 5.41) is 3.63. The molecular formula is C27H31FN4. The average molecular weight is 431 g/mol. The van der Waals surface area contributed by atoms with Crippen molar-refractivity contribution >= 4 is 5.82 Å². The van der Waals surface area contributed by atoms with Crippen molar-refractivity contribution < 1.29 is 4.39 Å². The van der Waals surface area contributed by atoms with Gasteiger partial charge in [-0.1, -0.05) is 42.3 Å². The zero-order chi connectivity index (χ0) is 21.9. The number of fused-ring (bicyclic) bond motifs is 3. The highest BCUT2D eigenvalue weighted by Gasteiger charge is 2.25. The third-order valence-corrected chi connectivity index (χ3v) is 6.56. The summed E-state index contributed by atoms with van der Waals surface area (Å²) in [5.74, 6) is 1.45. The predicted octanol–water partition coefficient (Wildman–Crippen LogP) is 5.37. The molecule has 2 aromatic carbocycles. The van der Waals surface area contributed by atoms with E-state index in [9.17, 15) is 4.39 Å². The van der Waals surface area contributed by atoms with Crippen LogP contribution in [-0.2, 0) is 12.8 Å². The first-order valence-corrected chi connectivity index (χ1v) is 11.9. The molecule has 1 N–H and O–H groups in total. The Hall–Kier alpha value is -2.79. The van der Waals surface area contributed by atoms with Crippen molar-refractivity contribution in [2.24, 2.45) is 0 Å². The van der Waals surface area contributed by atoms with Crippen molar-refractivity contribution in [1.29, 1.82) is 0 Å². The zero-order valence-electron chi connectivity index (χ0n) is 18.8. The van der Waals surface area contributed by atoms with Crippen LogP contribution in [-0.4, -0.2) is 41.0 Å². The molecule has 3 aromatic rings. The summed E-state index contributed by atoms with van der Waals surface area (Å²) in [6.45, 7) is 6.61. The SMILES string of the molecule is Cc1ccc2c(c1)Cc1nc(Cc3cccc(F)c3)nc(NCCCN3CCCCC3)c1-2. The molecule has 1 fully saturated rings. The second-order valence-corrected chi connectivity index (χ2v) is 9.14. The summed E-state index contributed by atoms with van der Waals surface area (Å²) < 4.78 is 13.7. The van der Waals surface area contributed by atoms with Gasteiger partial charge in [-0.15, -0.1) is 0 Å². The largest absolute Gasteiger partial charge is 0.369 e. The van der Waals surface area contributed by atoms with Gasteiger partial charge in [0.05, 0.1) is 5.69 Å². The zero-order valence-corrected chi connectivity index (χ0v) is 18.8. The minimum atomic E-state index is -0.220. The van der Waals surface area contributed by atoms with Gasteiger partial charge >= 0.3 is 0 Å². The van der Waals surface area contributed by atoms with Crippen LogP contribution in [0.2, 0.25) is 0 Å². The van der Waals surface area contributed by atoms with Crippen LogP contribution in [0, 0.1) is 12.7 Å².